The Labute approximate surface area is 126 Å². The van der Waals surface area contributed by atoms with Gasteiger partial charge in [0.15, 0.2) is 0 Å². The molecule has 4 heteroatoms. The van der Waals surface area contributed by atoms with E-state index in [1.54, 1.807) is 7.11 Å². The van der Waals surface area contributed by atoms with Crippen molar-refractivity contribution in [3.8, 4) is 5.75 Å². The summed E-state index contributed by atoms with van der Waals surface area (Å²) in [5.74, 6) is -0.278. The zero-order chi connectivity index (χ0) is 15.1. The van der Waals surface area contributed by atoms with Gasteiger partial charge in [-0.25, -0.2) is 0 Å². The van der Waals surface area contributed by atoms with E-state index in [2.05, 4.69) is 0 Å². The third kappa shape index (κ3) is 5.05. The van der Waals surface area contributed by atoms with E-state index in [1.807, 2.05) is 24.3 Å². The topological polar surface area (TPSA) is 55.8 Å². The normalized spacial score (nSPS) is 19.4. The highest BCUT2D eigenvalue weighted by Gasteiger charge is 2.20. The predicted octanol–water partition coefficient (Wildman–Crippen LogP) is 3.29. The zero-order valence-corrected chi connectivity index (χ0v) is 12.6. The van der Waals surface area contributed by atoms with Gasteiger partial charge < -0.3 is 14.6 Å². The van der Waals surface area contributed by atoms with Gasteiger partial charge in [-0.05, 0) is 49.8 Å². The van der Waals surface area contributed by atoms with Crippen molar-refractivity contribution in [2.45, 2.75) is 44.6 Å². The summed E-state index contributed by atoms with van der Waals surface area (Å²) in [6.45, 7) is 0.858. The van der Waals surface area contributed by atoms with E-state index in [1.165, 1.54) is 0 Å². The molecule has 0 radical (unpaired) electrons. The maximum absolute atomic E-state index is 11.4. The molecule has 0 aliphatic carbocycles. The van der Waals surface area contributed by atoms with E-state index >= 15 is 0 Å². The molecule has 116 valence electrons. The third-order valence-corrected chi connectivity index (χ3v) is 4.07. The molecule has 2 unspecified atom stereocenters. The van der Waals surface area contributed by atoms with Crippen LogP contribution in [0.2, 0.25) is 0 Å². The van der Waals surface area contributed by atoms with Crippen molar-refractivity contribution in [3.05, 3.63) is 29.8 Å². The Morgan fingerprint density at radius 3 is 3.05 bits per heavy atom. The van der Waals surface area contributed by atoms with Gasteiger partial charge in [0, 0.05) is 6.61 Å². The maximum atomic E-state index is 11.4. The molecule has 0 bridgehead atoms. The van der Waals surface area contributed by atoms with Gasteiger partial charge in [0.25, 0.3) is 0 Å². The lowest BCUT2D eigenvalue weighted by Gasteiger charge is -2.14. The van der Waals surface area contributed by atoms with Crippen LogP contribution in [0.3, 0.4) is 0 Å². The largest absolute Gasteiger partial charge is 0.497 e. The Bertz CT molecular complexity index is 452. The number of ether oxygens (including phenoxy) is 2. The fourth-order valence-corrected chi connectivity index (χ4v) is 2.86. The van der Waals surface area contributed by atoms with Crippen LogP contribution in [-0.2, 0) is 16.0 Å². The Morgan fingerprint density at radius 2 is 2.38 bits per heavy atom. The number of benzene rings is 1. The Kier molecular flexibility index (Phi) is 6.05. The molecule has 21 heavy (non-hydrogen) atoms. The van der Waals surface area contributed by atoms with Crippen LogP contribution >= 0.6 is 0 Å². The summed E-state index contributed by atoms with van der Waals surface area (Å²) in [4.78, 5) is 11.4. The summed E-state index contributed by atoms with van der Waals surface area (Å²) in [5, 5.41) is 9.39. The van der Waals surface area contributed by atoms with Crippen molar-refractivity contribution < 1.29 is 19.4 Å². The molecule has 4 nitrogen and oxygen atoms in total. The lowest BCUT2D eigenvalue weighted by Crippen LogP contribution is -2.17. The number of hydrogen-bond acceptors (Lipinski definition) is 3. The molecular formula is C17H24O4. The number of hydrogen-bond donors (Lipinski definition) is 1. The SMILES string of the molecule is COc1cccc(CC(CCCC2CCCO2)C(=O)O)c1. The first-order valence-corrected chi connectivity index (χ1v) is 7.66. The van der Waals surface area contributed by atoms with Gasteiger partial charge in [-0.1, -0.05) is 18.6 Å². The van der Waals surface area contributed by atoms with Gasteiger partial charge in [-0.15, -0.1) is 0 Å². The number of carbonyl (C=O) groups is 1. The Hall–Kier alpha value is -1.55. The quantitative estimate of drug-likeness (QED) is 0.799. The minimum absolute atomic E-state index is 0.335. The number of rotatable bonds is 8. The minimum Gasteiger partial charge on any atom is -0.497 e. The van der Waals surface area contributed by atoms with Crippen LogP contribution in [0.4, 0.5) is 0 Å². The molecular weight excluding hydrogens is 268 g/mol. The molecule has 1 fully saturated rings. The highest BCUT2D eigenvalue weighted by atomic mass is 16.5. The summed E-state index contributed by atoms with van der Waals surface area (Å²) in [6.07, 6.45) is 5.74. The summed E-state index contributed by atoms with van der Waals surface area (Å²) >= 11 is 0. The summed E-state index contributed by atoms with van der Waals surface area (Å²) in [6, 6.07) is 7.64. The highest BCUT2D eigenvalue weighted by molar-refractivity contribution is 5.70. The van der Waals surface area contributed by atoms with E-state index in [0.29, 0.717) is 18.9 Å². The number of carboxylic acids is 1. The number of carboxylic acid groups (broad SMARTS) is 1. The molecule has 0 saturated carbocycles. The molecule has 1 aromatic carbocycles. The van der Waals surface area contributed by atoms with Gasteiger partial charge >= 0.3 is 5.97 Å². The molecule has 1 aliphatic heterocycles. The van der Waals surface area contributed by atoms with Crippen LogP contribution in [-0.4, -0.2) is 30.9 Å². The van der Waals surface area contributed by atoms with Crippen molar-refractivity contribution in [1.29, 1.82) is 0 Å². The lowest BCUT2D eigenvalue weighted by atomic mass is 9.93. The van der Waals surface area contributed by atoms with Crippen LogP contribution < -0.4 is 4.74 Å². The second kappa shape index (κ2) is 8.03. The first kappa shape index (κ1) is 15.8. The van der Waals surface area contributed by atoms with E-state index in [9.17, 15) is 9.90 Å². The second-order valence-electron chi connectivity index (χ2n) is 5.66. The van der Waals surface area contributed by atoms with Crippen molar-refractivity contribution in [1.82, 2.24) is 0 Å². The van der Waals surface area contributed by atoms with Gasteiger partial charge in [0.05, 0.1) is 19.1 Å². The lowest BCUT2D eigenvalue weighted by molar-refractivity contribution is -0.142. The molecule has 1 heterocycles. The van der Waals surface area contributed by atoms with Crippen LogP contribution in [0.5, 0.6) is 5.75 Å². The average molecular weight is 292 g/mol. The highest BCUT2D eigenvalue weighted by Crippen LogP contribution is 2.22. The molecule has 2 rings (SSSR count). The van der Waals surface area contributed by atoms with E-state index in [4.69, 9.17) is 9.47 Å². The maximum Gasteiger partial charge on any atom is 0.306 e. The molecule has 1 saturated heterocycles. The summed E-state index contributed by atoms with van der Waals surface area (Å²) < 4.78 is 10.8. The molecule has 2 atom stereocenters. The Morgan fingerprint density at radius 1 is 1.52 bits per heavy atom. The number of methoxy groups -OCH3 is 1. The van der Waals surface area contributed by atoms with E-state index < -0.39 is 5.97 Å². The van der Waals surface area contributed by atoms with Gasteiger partial charge in [-0.2, -0.15) is 0 Å². The van der Waals surface area contributed by atoms with Crippen LogP contribution in [0.25, 0.3) is 0 Å². The van der Waals surface area contributed by atoms with Crippen molar-refractivity contribution in [2.75, 3.05) is 13.7 Å². The van der Waals surface area contributed by atoms with Crippen LogP contribution in [0.15, 0.2) is 24.3 Å². The van der Waals surface area contributed by atoms with Gasteiger partial charge in [-0.3, -0.25) is 4.79 Å². The summed E-state index contributed by atoms with van der Waals surface area (Å²) in [7, 11) is 1.62. The molecule has 0 amide bonds. The monoisotopic (exact) mass is 292 g/mol. The summed E-state index contributed by atoms with van der Waals surface area (Å²) in [5.41, 5.74) is 1.01. The van der Waals surface area contributed by atoms with Gasteiger partial charge in [0.1, 0.15) is 5.75 Å². The fourth-order valence-electron chi connectivity index (χ4n) is 2.86. The molecule has 1 aromatic rings. The smallest absolute Gasteiger partial charge is 0.306 e. The standard InChI is InChI=1S/C17H24O4/c1-20-16-8-2-5-13(12-16)11-14(17(18)19)6-3-7-15-9-4-10-21-15/h2,5,8,12,14-15H,3-4,6-7,9-11H2,1H3,(H,18,19). The van der Waals surface area contributed by atoms with Crippen LogP contribution in [0.1, 0.15) is 37.7 Å². The Balaban J connectivity index is 1.84. The second-order valence-corrected chi connectivity index (χ2v) is 5.66. The molecule has 1 aliphatic rings. The van der Waals surface area contributed by atoms with E-state index in [0.717, 1.165) is 43.6 Å². The first-order valence-electron chi connectivity index (χ1n) is 7.66. The van der Waals surface area contributed by atoms with E-state index in [-0.39, 0.29) is 5.92 Å². The molecule has 0 aromatic heterocycles. The fraction of sp³-hybridized carbons (Fsp3) is 0.588. The number of aliphatic carboxylic acids is 1. The first-order chi connectivity index (χ1) is 10.2. The third-order valence-electron chi connectivity index (χ3n) is 4.07. The molecule has 0 spiro atoms. The van der Waals surface area contributed by atoms with Crippen molar-refractivity contribution in [2.24, 2.45) is 5.92 Å². The van der Waals surface area contributed by atoms with Gasteiger partial charge in [0.2, 0.25) is 0 Å². The zero-order valence-electron chi connectivity index (χ0n) is 12.6. The van der Waals surface area contributed by atoms with Crippen molar-refractivity contribution >= 4 is 5.97 Å². The van der Waals surface area contributed by atoms with Crippen LogP contribution in [0, 0.1) is 5.92 Å². The predicted molar refractivity (Wildman–Crippen MR) is 80.6 cm³/mol. The minimum atomic E-state index is -0.717. The molecule has 1 N–H and O–H groups in total. The average Bonchev–Trinajstić information content (AvgIpc) is 2.99. The van der Waals surface area contributed by atoms with Crippen molar-refractivity contribution in [3.63, 3.8) is 0 Å².